The first-order chi connectivity index (χ1) is 8.66. The third kappa shape index (κ3) is 3.69. The van der Waals surface area contributed by atoms with Gasteiger partial charge in [-0.2, -0.15) is 0 Å². The number of aromatic nitrogens is 1. The van der Waals surface area contributed by atoms with Gasteiger partial charge in [0.15, 0.2) is 0 Å². The molecule has 0 aliphatic heterocycles. The number of thiazole rings is 1. The molecular weight excluding hydrogens is 254 g/mol. The van der Waals surface area contributed by atoms with Crippen molar-refractivity contribution in [3.63, 3.8) is 0 Å². The molecule has 0 saturated heterocycles. The molecule has 0 unspecified atom stereocenters. The van der Waals surface area contributed by atoms with Gasteiger partial charge < -0.3 is 10.4 Å². The quantitative estimate of drug-likeness (QED) is 0.689. The van der Waals surface area contributed by atoms with E-state index in [9.17, 15) is 9.59 Å². The molecule has 2 amide bonds. The molecule has 1 saturated carbocycles. The van der Waals surface area contributed by atoms with E-state index in [1.165, 1.54) is 11.3 Å². The van der Waals surface area contributed by atoms with Crippen molar-refractivity contribution >= 4 is 28.3 Å². The predicted octanol–water partition coefficient (Wildman–Crippen LogP) is 2.01. The van der Waals surface area contributed by atoms with Crippen LogP contribution in [0.4, 0.5) is 9.80 Å². The average molecular weight is 269 g/mol. The first-order valence-electron chi connectivity index (χ1n) is 5.87. The second-order valence-electron chi connectivity index (χ2n) is 4.22. The van der Waals surface area contributed by atoms with E-state index >= 15 is 0 Å². The number of carbonyl (C=O) groups excluding carboxylic acids is 1. The number of hydrogen-bond acceptors (Lipinski definition) is 4. The van der Waals surface area contributed by atoms with Gasteiger partial charge in [-0.25, -0.2) is 9.78 Å². The van der Waals surface area contributed by atoms with E-state index in [0.717, 1.165) is 23.5 Å². The minimum absolute atomic E-state index is 0.0637. The molecule has 1 fully saturated rings. The Bertz CT molecular complexity index is 442. The van der Waals surface area contributed by atoms with E-state index in [1.807, 2.05) is 0 Å². The van der Waals surface area contributed by atoms with Crippen LogP contribution in [-0.2, 0) is 4.79 Å². The molecule has 18 heavy (non-hydrogen) atoms. The summed E-state index contributed by atoms with van der Waals surface area (Å²) in [4.78, 5) is 26.1. The third-order valence-corrected chi connectivity index (χ3v) is 3.40. The van der Waals surface area contributed by atoms with Gasteiger partial charge in [-0.1, -0.05) is 0 Å². The highest BCUT2D eigenvalue weighted by Crippen LogP contribution is 2.43. The van der Waals surface area contributed by atoms with E-state index in [0.29, 0.717) is 18.9 Å². The Hall–Kier alpha value is -1.63. The molecule has 0 radical (unpaired) electrons. The molecule has 0 bridgehead atoms. The van der Waals surface area contributed by atoms with Crippen LogP contribution in [0.2, 0.25) is 0 Å². The second kappa shape index (κ2) is 5.81. The Morgan fingerprint density at radius 3 is 2.94 bits per heavy atom. The van der Waals surface area contributed by atoms with Gasteiger partial charge in [0.25, 0.3) is 0 Å². The number of anilines is 1. The van der Waals surface area contributed by atoms with Crippen molar-refractivity contribution in [2.24, 2.45) is 0 Å². The lowest BCUT2D eigenvalue weighted by Gasteiger charge is -2.06. The molecule has 7 heteroatoms. The van der Waals surface area contributed by atoms with Crippen LogP contribution in [0.25, 0.3) is 0 Å². The summed E-state index contributed by atoms with van der Waals surface area (Å²) in [6.07, 6.45) is 2.77. The van der Waals surface area contributed by atoms with Gasteiger partial charge in [-0.15, -0.1) is 11.3 Å². The van der Waals surface area contributed by atoms with Crippen LogP contribution >= 0.6 is 11.3 Å². The van der Waals surface area contributed by atoms with Gasteiger partial charge in [0.05, 0.1) is 11.2 Å². The zero-order valence-corrected chi connectivity index (χ0v) is 10.6. The van der Waals surface area contributed by atoms with Crippen LogP contribution in [0.3, 0.4) is 0 Å². The van der Waals surface area contributed by atoms with Crippen molar-refractivity contribution in [1.29, 1.82) is 0 Å². The number of amides is 2. The van der Waals surface area contributed by atoms with E-state index in [-0.39, 0.29) is 12.5 Å². The summed E-state index contributed by atoms with van der Waals surface area (Å²) in [7, 11) is 0. The van der Waals surface area contributed by atoms with E-state index in [4.69, 9.17) is 5.11 Å². The fourth-order valence-corrected chi connectivity index (χ4v) is 2.35. The largest absolute Gasteiger partial charge is 0.481 e. The highest BCUT2D eigenvalue weighted by Gasteiger charge is 2.28. The lowest BCUT2D eigenvalue weighted by molar-refractivity contribution is -0.137. The number of carboxylic acids is 1. The maximum Gasteiger partial charge on any atom is 0.319 e. The molecule has 6 nitrogen and oxygen atoms in total. The van der Waals surface area contributed by atoms with Crippen molar-refractivity contribution in [3.05, 3.63) is 11.2 Å². The Labute approximate surface area is 108 Å². The topological polar surface area (TPSA) is 91.3 Å². The lowest BCUT2D eigenvalue weighted by atomic mass is 10.3. The average Bonchev–Trinajstić information content (AvgIpc) is 3.06. The Morgan fingerprint density at radius 2 is 2.28 bits per heavy atom. The minimum atomic E-state index is -0.851. The number of aliphatic carboxylic acids is 1. The molecule has 1 aromatic heterocycles. The Kier molecular flexibility index (Phi) is 4.14. The number of nitrogens with one attached hydrogen (secondary N) is 2. The number of carboxylic acid groups (broad SMARTS) is 1. The van der Waals surface area contributed by atoms with Crippen LogP contribution in [0.15, 0.2) is 5.51 Å². The maximum atomic E-state index is 11.6. The molecule has 0 aromatic carbocycles. The Balaban J connectivity index is 1.73. The fourth-order valence-electron chi connectivity index (χ4n) is 1.58. The summed E-state index contributed by atoms with van der Waals surface area (Å²) in [6, 6.07) is -0.300. The van der Waals surface area contributed by atoms with E-state index in [2.05, 4.69) is 15.6 Å². The predicted molar refractivity (Wildman–Crippen MR) is 68.0 cm³/mol. The first kappa shape index (κ1) is 12.8. The number of rotatable bonds is 6. The summed E-state index contributed by atoms with van der Waals surface area (Å²) in [5, 5.41) is 14.6. The normalized spacial score (nSPS) is 14.2. The molecule has 0 atom stereocenters. The van der Waals surface area contributed by atoms with Crippen LogP contribution in [0.5, 0.6) is 0 Å². The summed E-state index contributed by atoms with van der Waals surface area (Å²) >= 11 is 1.41. The Morgan fingerprint density at radius 1 is 1.50 bits per heavy atom. The van der Waals surface area contributed by atoms with E-state index in [1.54, 1.807) is 5.51 Å². The first-order valence-corrected chi connectivity index (χ1v) is 6.75. The lowest BCUT2D eigenvalue weighted by Crippen LogP contribution is -2.29. The molecular formula is C11H15N3O3S. The molecule has 1 heterocycles. The van der Waals surface area contributed by atoms with Crippen LogP contribution in [0.1, 0.15) is 37.3 Å². The van der Waals surface area contributed by atoms with Gasteiger partial charge in [-0.05, 0) is 19.3 Å². The van der Waals surface area contributed by atoms with Crippen molar-refractivity contribution in [3.8, 4) is 0 Å². The summed E-state index contributed by atoms with van der Waals surface area (Å²) in [6.45, 7) is 0.357. The van der Waals surface area contributed by atoms with Crippen molar-refractivity contribution in [2.75, 3.05) is 11.9 Å². The summed E-state index contributed by atoms with van der Waals surface area (Å²) in [5.74, 6) is -0.353. The van der Waals surface area contributed by atoms with Crippen molar-refractivity contribution in [2.45, 2.75) is 31.6 Å². The standard InChI is InChI=1S/C11H15N3O3S/c15-8(16)2-1-5-12-11(17)14-10-9(7-3-4-7)13-6-18-10/h6-7H,1-5H2,(H,15,16)(H2,12,14,17). The van der Waals surface area contributed by atoms with Gasteiger partial charge in [0, 0.05) is 18.9 Å². The number of carbonyl (C=O) groups is 2. The molecule has 1 aliphatic rings. The van der Waals surface area contributed by atoms with Gasteiger partial charge in [0.2, 0.25) is 0 Å². The fraction of sp³-hybridized carbons (Fsp3) is 0.545. The molecule has 98 valence electrons. The monoisotopic (exact) mass is 269 g/mol. The molecule has 2 rings (SSSR count). The second-order valence-corrected chi connectivity index (χ2v) is 5.07. The van der Waals surface area contributed by atoms with E-state index < -0.39 is 5.97 Å². The summed E-state index contributed by atoms with van der Waals surface area (Å²) < 4.78 is 0. The van der Waals surface area contributed by atoms with Crippen LogP contribution in [0, 0.1) is 0 Å². The van der Waals surface area contributed by atoms with Crippen molar-refractivity contribution in [1.82, 2.24) is 10.3 Å². The highest BCUT2D eigenvalue weighted by molar-refractivity contribution is 7.14. The number of nitrogens with zero attached hydrogens (tertiary/aromatic N) is 1. The van der Waals surface area contributed by atoms with Crippen LogP contribution < -0.4 is 10.6 Å². The molecule has 1 aromatic rings. The molecule has 0 spiro atoms. The van der Waals surface area contributed by atoms with Crippen molar-refractivity contribution < 1.29 is 14.7 Å². The van der Waals surface area contributed by atoms with Crippen LogP contribution in [-0.4, -0.2) is 28.6 Å². The SMILES string of the molecule is O=C(O)CCCNC(=O)Nc1scnc1C1CC1. The zero-order valence-electron chi connectivity index (χ0n) is 9.81. The number of urea groups is 1. The highest BCUT2D eigenvalue weighted by atomic mass is 32.1. The summed E-state index contributed by atoms with van der Waals surface area (Å²) in [5.41, 5.74) is 2.70. The third-order valence-electron chi connectivity index (χ3n) is 2.64. The molecule has 1 aliphatic carbocycles. The smallest absolute Gasteiger partial charge is 0.319 e. The van der Waals surface area contributed by atoms with Gasteiger partial charge in [-0.3, -0.25) is 10.1 Å². The minimum Gasteiger partial charge on any atom is -0.481 e. The number of hydrogen-bond donors (Lipinski definition) is 3. The van der Waals surface area contributed by atoms with Gasteiger partial charge in [0.1, 0.15) is 5.00 Å². The maximum absolute atomic E-state index is 11.6. The zero-order chi connectivity index (χ0) is 13.0. The van der Waals surface area contributed by atoms with Gasteiger partial charge >= 0.3 is 12.0 Å². The molecule has 3 N–H and O–H groups in total.